The number of benzene rings is 1. The fourth-order valence-corrected chi connectivity index (χ4v) is 3.20. The van der Waals surface area contributed by atoms with Gasteiger partial charge < -0.3 is 15.0 Å². The lowest BCUT2D eigenvalue weighted by Gasteiger charge is -2.05. The molecule has 0 aliphatic heterocycles. The van der Waals surface area contributed by atoms with Crippen molar-refractivity contribution in [1.82, 2.24) is 15.3 Å². The van der Waals surface area contributed by atoms with Crippen LogP contribution in [0.3, 0.4) is 0 Å². The van der Waals surface area contributed by atoms with Crippen molar-refractivity contribution in [2.24, 2.45) is 0 Å². The van der Waals surface area contributed by atoms with Gasteiger partial charge in [0.25, 0.3) is 0 Å². The van der Waals surface area contributed by atoms with E-state index in [0.717, 1.165) is 20.8 Å². The molecule has 22 heavy (non-hydrogen) atoms. The highest BCUT2D eigenvalue weighted by atomic mass is 35.5. The second-order valence-electron chi connectivity index (χ2n) is 4.38. The van der Waals surface area contributed by atoms with E-state index < -0.39 is 6.09 Å². The van der Waals surface area contributed by atoms with Crippen LogP contribution in [0.4, 0.5) is 4.79 Å². The molecule has 0 saturated carbocycles. The maximum absolute atomic E-state index is 11.5. The maximum atomic E-state index is 11.5. The summed E-state index contributed by atoms with van der Waals surface area (Å²) in [6.45, 7) is 0. The monoisotopic (exact) mass is 333 g/mol. The van der Waals surface area contributed by atoms with Crippen LogP contribution in [0.1, 0.15) is 0 Å². The smallest absolute Gasteiger partial charge is 0.392 e. The highest BCUT2D eigenvalue weighted by molar-refractivity contribution is 7.99. The minimum atomic E-state index is -0.542. The number of H-pyrrole nitrogens is 1. The number of pyridine rings is 1. The second kappa shape index (κ2) is 6.29. The van der Waals surface area contributed by atoms with Crippen molar-refractivity contribution >= 4 is 40.5 Å². The first-order valence-corrected chi connectivity index (χ1v) is 7.66. The van der Waals surface area contributed by atoms with E-state index in [4.69, 9.17) is 16.3 Å². The molecule has 0 aliphatic carbocycles. The van der Waals surface area contributed by atoms with Gasteiger partial charge in [-0.15, -0.1) is 0 Å². The molecule has 1 aromatic carbocycles. The maximum Gasteiger partial charge on any atom is 0.413 e. The van der Waals surface area contributed by atoms with Crippen LogP contribution < -0.4 is 10.1 Å². The van der Waals surface area contributed by atoms with Crippen molar-refractivity contribution in [1.29, 1.82) is 0 Å². The zero-order valence-corrected chi connectivity index (χ0v) is 13.2. The molecule has 2 heterocycles. The molecule has 2 N–H and O–H groups in total. The van der Waals surface area contributed by atoms with Gasteiger partial charge in [-0.3, -0.25) is 4.98 Å². The van der Waals surface area contributed by atoms with Crippen LogP contribution in [0.25, 0.3) is 11.0 Å². The van der Waals surface area contributed by atoms with Crippen LogP contribution in [0.2, 0.25) is 5.02 Å². The Morgan fingerprint density at radius 1 is 1.36 bits per heavy atom. The molecule has 5 nitrogen and oxygen atoms in total. The zero-order valence-electron chi connectivity index (χ0n) is 11.6. The van der Waals surface area contributed by atoms with Crippen molar-refractivity contribution in [3.63, 3.8) is 0 Å². The summed E-state index contributed by atoms with van der Waals surface area (Å²) in [7, 11) is 1.51. The number of aromatic amines is 1. The highest BCUT2D eigenvalue weighted by Crippen LogP contribution is 2.40. The number of amides is 1. The van der Waals surface area contributed by atoms with E-state index in [0.29, 0.717) is 10.9 Å². The lowest BCUT2D eigenvalue weighted by Crippen LogP contribution is -2.22. The molecule has 1 amide bonds. The highest BCUT2D eigenvalue weighted by Gasteiger charge is 2.17. The normalized spacial score (nSPS) is 10.6. The van der Waals surface area contributed by atoms with Crippen LogP contribution in [0, 0.1) is 0 Å². The largest absolute Gasteiger partial charge is 0.413 e. The van der Waals surface area contributed by atoms with Gasteiger partial charge in [-0.05, 0) is 30.3 Å². The molecular weight excluding hydrogens is 322 g/mol. The fourth-order valence-electron chi connectivity index (χ4n) is 1.93. The third-order valence-corrected chi connectivity index (χ3v) is 4.20. The van der Waals surface area contributed by atoms with Gasteiger partial charge in [-0.25, -0.2) is 4.79 Å². The zero-order chi connectivity index (χ0) is 15.5. The quantitative estimate of drug-likeness (QED) is 0.757. The average molecular weight is 334 g/mol. The van der Waals surface area contributed by atoms with Crippen molar-refractivity contribution in [2.75, 3.05) is 7.05 Å². The fraction of sp³-hybridized carbons (Fsp3) is 0.0667. The summed E-state index contributed by atoms with van der Waals surface area (Å²) in [4.78, 5) is 20.6. The van der Waals surface area contributed by atoms with E-state index in [1.807, 2.05) is 30.3 Å². The van der Waals surface area contributed by atoms with Gasteiger partial charge in [0.05, 0.1) is 5.52 Å². The Bertz CT molecular complexity index is 835. The number of carbonyl (C=O) groups is 1. The molecule has 0 fully saturated rings. The molecule has 0 atom stereocenters. The summed E-state index contributed by atoms with van der Waals surface area (Å²) in [6.07, 6.45) is 1.15. The molecule has 0 saturated heterocycles. The summed E-state index contributed by atoms with van der Waals surface area (Å²) in [6, 6.07) is 11.1. The SMILES string of the molecule is CNC(=O)Oc1[nH]c2cccnc2c1Sc1cccc(Cl)c1. The average Bonchev–Trinajstić information content (AvgIpc) is 2.85. The Morgan fingerprint density at radius 2 is 2.23 bits per heavy atom. The molecule has 3 rings (SSSR count). The van der Waals surface area contributed by atoms with Crippen LogP contribution in [0.5, 0.6) is 5.88 Å². The van der Waals surface area contributed by atoms with Gasteiger partial charge in [0, 0.05) is 23.2 Å². The Morgan fingerprint density at radius 3 is 3.00 bits per heavy atom. The Labute approximate surface area is 136 Å². The van der Waals surface area contributed by atoms with E-state index in [2.05, 4.69) is 15.3 Å². The minimum Gasteiger partial charge on any atom is -0.392 e. The molecule has 7 heteroatoms. The summed E-state index contributed by atoms with van der Waals surface area (Å²) >= 11 is 7.45. The van der Waals surface area contributed by atoms with Crippen LogP contribution in [0.15, 0.2) is 52.4 Å². The standard InChI is InChI=1S/C15H12ClN3O2S/c1-17-15(20)21-14-13(12-11(19-14)6-3-7-18-12)22-10-5-2-4-9(16)8-10/h2-8,19H,1H3,(H,17,20). The number of halogens is 1. The first-order chi connectivity index (χ1) is 10.7. The predicted molar refractivity (Wildman–Crippen MR) is 86.8 cm³/mol. The number of aromatic nitrogens is 2. The molecular formula is C15H12ClN3O2S. The van der Waals surface area contributed by atoms with E-state index in [1.165, 1.54) is 18.8 Å². The molecule has 3 aromatic rings. The number of nitrogens with one attached hydrogen (secondary N) is 2. The first kappa shape index (κ1) is 14.7. The molecule has 0 spiro atoms. The van der Waals surface area contributed by atoms with Gasteiger partial charge in [0.2, 0.25) is 5.88 Å². The number of ether oxygens (including phenoxy) is 1. The van der Waals surface area contributed by atoms with E-state index in [1.54, 1.807) is 12.3 Å². The molecule has 0 bridgehead atoms. The van der Waals surface area contributed by atoms with Gasteiger partial charge in [0.15, 0.2) is 0 Å². The molecule has 2 aromatic heterocycles. The minimum absolute atomic E-state index is 0.359. The van der Waals surface area contributed by atoms with E-state index in [9.17, 15) is 4.79 Å². The number of carbonyl (C=O) groups excluding carboxylic acids is 1. The van der Waals surface area contributed by atoms with Crippen molar-refractivity contribution < 1.29 is 9.53 Å². The third-order valence-electron chi connectivity index (χ3n) is 2.89. The topological polar surface area (TPSA) is 67.0 Å². The summed E-state index contributed by atoms with van der Waals surface area (Å²) in [5, 5.41) is 3.07. The van der Waals surface area contributed by atoms with Crippen LogP contribution in [-0.2, 0) is 0 Å². The molecule has 0 radical (unpaired) electrons. The summed E-state index contributed by atoms with van der Waals surface area (Å²) in [5.41, 5.74) is 1.54. The predicted octanol–water partition coefficient (Wildman–Crippen LogP) is 4.09. The molecule has 112 valence electrons. The summed E-state index contributed by atoms with van der Waals surface area (Å²) in [5.74, 6) is 0.359. The second-order valence-corrected chi connectivity index (χ2v) is 5.90. The van der Waals surface area contributed by atoms with E-state index in [-0.39, 0.29) is 0 Å². The lowest BCUT2D eigenvalue weighted by atomic mass is 10.4. The first-order valence-electron chi connectivity index (χ1n) is 6.47. The van der Waals surface area contributed by atoms with Crippen molar-refractivity contribution in [2.45, 2.75) is 9.79 Å². The third kappa shape index (κ3) is 3.03. The molecule has 0 aliphatic rings. The van der Waals surface area contributed by atoms with Crippen LogP contribution in [-0.4, -0.2) is 23.1 Å². The summed E-state index contributed by atoms with van der Waals surface area (Å²) < 4.78 is 5.28. The van der Waals surface area contributed by atoms with E-state index >= 15 is 0 Å². The van der Waals surface area contributed by atoms with Gasteiger partial charge in [-0.2, -0.15) is 0 Å². The number of hydrogen-bond donors (Lipinski definition) is 2. The van der Waals surface area contributed by atoms with Gasteiger partial charge >= 0.3 is 6.09 Å². The number of hydrogen-bond acceptors (Lipinski definition) is 4. The Kier molecular flexibility index (Phi) is 4.22. The Hall–Kier alpha value is -2.18. The van der Waals surface area contributed by atoms with Gasteiger partial charge in [0.1, 0.15) is 10.4 Å². The number of fused-ring (bicyclic) bond motifs is 1. The van der Waals surface area contributed by atoms with Crippen LogP contribution >= 0.6 is 23.4 Å². The van der Waals surface area contributed by atoms with Gasteiger partial charge in [-0.1, -0.05) is 29.4 Å². The van der Waals surface area contributed by atoms with Crippen molar-refractivity contribution in [3.8, 4) is 5.88 Å². The van der Waals surface area contributed by atoms with Crippen molar-refractivity contribution in [3.05, 3.63) is 47.6 Å². The Balaban J connectivity index is 2.05. The number of nitrogens with zero attached hydrogens (tertiary/aromatic N) is 1. The number of rotatable bonds is 3. The lowest BCUT2D eigenvalue weighted by molar-refractivity contribution is 0.200. The molecule has 0 unspecified atom stereocenters.